The number of nitrogens with one attached hydrogen (secondary N) is 2. The highest BCUT2D eigenvalue weighted by molar-refractivity contribution is 7.87. The largest absolute Gasteiger partial charge is 0.397 e. The van der Waals surface area contributed by atoms with Crippen LogP contribution in [0.2, 0.25) is 2.82 Å². The summed E-state index contributed by atoms with van der Waals surface area (Å²) in [5, 5.41) is 30.7. The topological polar surface area (TPSA) is 274 Å². The van der Waals surface area contributed by atoms with Crippen molar-refractivity contribution < 1.29 is 39.0 Å². The first kappa shape index (κ1) is 34.0. The lowest BCUT2D eigenvalue weighted by molar-refractivity contribution is 0.162. The molecule has 0 amide bonds. The summed E-state index contributed by atoms with van der Waals surface area (Å²) in [4.78, 5) is 0. The number of benzene rings is 4. The zero-order valence-corrected chi connectivity index (χ0v) is 29.5. The minimum atomic E-state index is -5.22. The maximum atomic E-state index is 13.6. The summed E-state index contributed by atoms with van der Waals surface area (Å²) >= 11 is 0. The van der Waals surface area contributed by atoms with E-state index in [-0.39, 0.29) is 44.8 Å². The van der Waals surface area contributed by atoms with Crippen molar-refractivity contribution in [3.8, 4) is 11.1 Å². The van der Waals surface area contributed by atoms with E-state index < -0.39 is 53.3 Å². The number of aliphatic hydroxyl groups is 2. The number of hydrogen-bond acceptors (Lipinski definition) is 12. The Hall–Kier alpha value is -5.10. The zero-order chi connectivity index (χ0) is 39.4. The lowest BCUT2D eigenvalue weighted by Crippen LogP contribution is -2.51. The molecule has 0 spiro atoms. The summed E-state index contributed by atoms with van der Waals surface area (Å²) < 4.78 is 85.8. The Labute approximate surface area is 303 Å². The van der Waals surface area contributed by atoms with Gasteiger partial charge in [0.05, 0.1) is 11.4 Å². The molecule has 0 bridgehead atoms. The number of aliphatic hydroxyl groups excluding tert-OH is 2. The molecule has 0 radical (unpaired) electrons. The molecule has 4 unspecified atom stereocenters. The van der Waals surface area contributed by atoms with Crippen LogP contribution in [0.1, 0.15) is 58.4 Å². The van der Waals surface area contributed by atoms with E-state index in [0.29, 0.717) is 35.1 Å². The Morgan fingerprint density at radius 1 is 0.654 bits per heavy atom. The van der Waals surface area contributed by atoms with Gasteiger partial charge in [0.2, 0.25) is 2.82 Å². The highest BCUT2D eigenvalue weighted by Gasteiger charge is 2.59. The van der Waals surface area contributed by atoms with Crippen LogP contribution in [0.15, 0.2) is 107 Å². The van der Waals surface area contributed by atoms with Crippen molar-refractivity contribution in [3.05, 3.63) is 141 Å². The summed E-state index contributed by atoms with van der Waals surface area (Å²) in [6.45, 7) is 3.63. The Morgan fingerprint density at radius 2 is 1.02 bits per heavy atom. The fourth-order valence-corrected chi connectivity index (χ4v) is 10.3. The van der Waals surface area contributed by atoms with Gasteiger partial charge in [0.1, 0.15) is 23.6 Å². The second kappa shape index (κ2) is 12.8. The summed E-state index contributed by atoms with van der Waals surface area (Å²) in [7, 11) is -10.4. The minimum Gasteiger partial charge on any atom is -0.397 e. The van der Waals surface area contributed by atoms with Gasteiger partial charge in [0.25, 0.3) is 20.2 Å². The van der Waals surface area contributed by atoms with E-state index in [2.05, 4.69) is 21.3 Å². The standard InChI is InChI=1S/C36H36N6O8S2/c1-3-19-17-21(35(51(45,46)47)27-11-7-5-9-25(27)29(37)31(41-39)33(35)43)13-15-23(19)24-16-14-22(18-20(24)4-2)36(52(48,49)50)28-12-8-6-10-26(28)30(38)32(42-40)34(36)44/h5-18,33-34,39-40,43-44H,3-4,37-38H2,1-2H3,(H,45,46,47)(H,48,49,50)/b41-39+,42-40+. The SMILES string of the molecule is [H]/N=N/C1=C(N)c2ccccc2C(c2ccc(-c3ccc(C4(S(=O)(=O)O)c5ccccc5C(N)=C(/N=N/[H])C4O)cc3CC)c(CC)c2)(S(=O)(=O)O)C1O. The Kier molecular flexibility index (Phi) is 8.40. The van der Waals surface area contributed by atoms with Gasteiger partial charge in [-0.25, -0.2) is 11.0 Å². The Bertz CT molecular complexity index is 2370. The summed E-state index contributed by atoms with van der Waals surface area (Å²) in [5.41, 5.74) is 20.0. The first-order valence-electron chi connectivity index (χ1n) is 16.9. The number of hydrogen-bond donors (Lipinski definition) is 8. The fraction of sp³-hybridized carbons (Fsp3) is 0.222. The van der Waals surface area contributed by atoms with E-state index in [1.54, 1.807) is 24.3 Å². The van der Waals surface area contributed by atoms with Gasteiger partial charge in [-0.05, 0) is 57.3 Å². The van der Waals surface area contributed by atoms with Crippen molar-refractivity contribution in [2.75, 3.05) is 0 Å². The molecular formula is C36H36N6O8S2. The summed E-state index contributed by atoms with van der Waals surface area (Å²) in [6, 6.07) is 21.2. The van der Waals surface area contributed by atoms with Gasteiger partial charge in [0, 0.05) is 11.1 Å². The average molecular weight is 745 g/mol. The molecule has 0 aliphatic heterocycles. The smallest absolute Gasteiger partial charge is 0.282 e. The molecule has 2 aliphatic rings. The van der Waals surface area contributed by atoms with E-state index in [4.69, 9.17) is 14.3 Å². The quantitative estimate of drug-likeness (QED) is 0.0856. The van der Waals surface area contributed by atoms with Crippen LogP contribution in [-0.2, 0) is 42.6 Å². The van der Waals surface area contributed by atoms with Gasteiger partial charge in [0.15, 0.2) is 9.49 Å². The molecule has 0 fully saturated rings. The molecule has 52 heavy (non-hydrogen) atoms. The molecule has 16 heteroatoms. The summed E-state index contributed by atoms with van der Waals surface area (Å²) in [5.74, 6) is 0. The predicted molar refractivity (Wildman–Crippen MR) is 193 cm³/mol. The van der Waals surface area contributed by atoms with E-state index in [1.165, 1.54) is 60.7 Å². The minimum absolute atomic E-state index is 0.0179. The van der Waals surface area contributed by atoms with Gasteiger partial charge in [-0.1, -0.05) is 98.8 Å². The first-order chi connectivity index (χ1) is 25.6. The van der Waals surface area contributed by atoms with E-state index in [9.17, 15) is 36.2 Å². The van der Waals surface area contributed by atoms with E-state index in [1.807, 2.05) is 13.8 Å². The van der Waals surface area contributed by atoms with Gasteiger partial charge in [-0.3, -0.25) is 9.11 Å². The molecule has 0 saturated heterocycles. The number of aryl methyl sites for hydroxylation is 2. The highest BCUT2D eigenvalue weighted by atomic mass is 32.2. The van der Waals surface area contributed by atoms with Gasteiger partial charge in [-0.2, -0.15) is 27.1 Å². The Balaban J connectivity index is 1.59. The molecule has 2 aliphatic carbocycles. The van der Waals surface area contributed by atoms with Gasteiger partial charge >= 0.3 is 0 Å². The second-order valence-electron chi connectivity index (χ2n) is 12.6. The second-order valence-corrected chi connectivity index (χ2v) is 15.8. The number of rotatable bonds is 9. The molecule has 0 saturated carbocycles. The van der Waals surface area contributed by atoms with Crippen molar-refractivity contribution in [2.24, 2.45) is 21.7 Å². The van der Waals surface area contributed by atoms with Crippen LogP contribution in [-0.4, -0.2) is 48.4 Å². The molecule has 4 aromatic rings. The molecule has 270 valence electrons. The fourth-order valence-electron chi connectivity index (χ4n) is 7.80. The van der Waals surface area contributed by atoms with Crippen LogP contribution >= 0.6 is 0 Å². The third-order valence-corrected chi connectivity index (χ3v) is 13.2. The van der Waals surface area contributed by atoms with E-state index >= 15 is 0 Å². The monoisotopic (exact) mass is 744 g/mol. The summed E-state index contributed by atoms with van der Waals surface area (Å²) in [6.07, 6.45) is -3.53. The Morgan fingerprint density at radius 3 is 1.35 bits per heavy atom. The average Bonchev–Trinajstić information content (AvgIpc) is 3.14. The maximum Gasteiger partial charge on any atom is 0.282 e. The molecule has 4 aromatic carbocycles. The van der Waals surface area contributed by atoms with Crippen molar-refractivity contribution >= 4 is 31.6 Å². The van der Waals surface area contributed by atoms with Crippen molar-refractivity contribution in [1.82, 2.24) is 0 Å². The van der Waals surface area contributed by atoms with Crippen molar-refractivity contribution in [1.29, 1.82) is 11.0 Å². The third-order valence-electron chi connectivity index (χ3n) is 10.2. The molecule has 4 atom stereocenters. The number of nitrogens with two attached hydrogens (primary N) is 2. The van der Waals surface area contributed by atoms with E-state index in [0.717, 1.165) is 0 Å². The molecule has 14 nitrogen and oxygen atoms in total. The molecular weight excluding hydrogens is 709 g/mol. The normalized spacial score (nSPS) is 24.2. The zero-order valence-electron chi connectivity index (χ0n) is 29.8. The van der Waals surface area contributed by atoms with Crippen LogP contribution in [0.25, 0.3) is 22.5 Å². The molecule has 6 rings (SSSR count). The van der Waals surface area contributed by atoms with Crippen LogP contribution in [0.4, 0.5) is 0 Å². The molecule has 0 aromatic heterocycles. The first-order valence-corrected chi connectivity index (χ1v) is 18.9. The third kappa shape index (κ3) is 4.90. The predicted octanol–water partition coefficient (Wildman–Crippen LogP) is 4.81. The molecule has 10 N–H and O–H groups in total. The lowest BCUT2D eigenvalue weighted by Gasteiger charge is -2.41. The van der Waals surface area contributed by atoms with Gasteiger partial charge < -0.3 is 21.7 Å². The highest BCUT2D eigenvalue weighted by Crippen LogP contribution is 2.52. The van der Waals surface area contributed by atoms with Crippen LogP contribution in [0.5, 0.6) is 0 Å². The van der Waals surface area contributed by atoms with Crippen molar-refractivity contribution in [2.45, 2.75) is 48.4 Å². The maximum absolute atomic E-state index is 13.6. The van der Waals surface area contributed by atoms with Crippen LogP contribution in [0.3, 0.4) is 0 Å². The molecule has 0 heterocycles. The van der Waals surface area contributed by atoms with Gasteiger partial charge in [-0.15, -0.1) is 0 Å². The van der Waals surface area contributed by atoms with Crippen molar-refractivity contribution in [3.63, 3.8) is 0 Å². The number of nitrogens with zero attached hydrogens (tertiary/aromatic N) is 2. The lowest BCUT2D eigenvalue weighted by atomic mass is 9.75. The number of fused-ring (bicyclic) bond motifs is 2. The van der Waals surface area contributed by atoms with Crippen LogP contribution < -0.4 is 11.5 Å². The van der Waals surface area contributed by atoms with Crippen LogP contribution in [0, 0.1) is 11.0 Å².